The first kappa shape index (κ1) is 15.3. The minimum absolute atomic E-state index is 0.0632. The van der Waals surface area contributed by atoms with Crippen LogP contribution in [0.2, 0.25) is 0 Å². The molecule has 0 heterocycles. The molecule has 0 saturated carbocycles. The first-order valence-corrected chi connectivity index (χ1v) is 5.98. The van der Waals surface area contributed by atoms with Gasteiger partial charge in [0.15, 0.2) is 0 Å². The van der Waals surface area contributed by atoms with Crippen LogP contribution in [-0.2, 0) is 11.0 Å². The van der Waals surface area contributed by atoms with Gasteiger partial charge in [-0.05, 0) is 30.5 Å². The number of carbonyl (C=O) groups is 1. The first-order chi connectivity index (χ1) is 8.89. The van der Waals surface area contributed by atoms with Crippen molar-refractivity contribution in [2.45, 2.75) is 25.9 Å². The number of amides is 1. The summed E-state index contributed by atoms with van der Waals surface area (Å²) < 4.78 is 37.0. The van der Waals surface area contributed by atoms with Gasteiger partial charge in [0.2, 0.25) is 5.91 Å². The van der Waals surface area contributed by atoms with E-state index in [9.17, 15) is 18.0 Å². The van der Waals surface area contributed by atoms with Crippen molar-refractivity contribution < 1.29 is 18.0 Å². The zero-order valence-corrected chi connectivity index (χ0v) is 10.6. The number of benzene rings is 1. The van der Waals surface area contributed by atoms with E-state index in [0.29, 0.717) is 6.54 Å². The summed E-state index contributed by atoms with van der Waals surface area (Å²) in [5.41, 5.74) is 0.0860. The second-order valence-electron chi connectivity index (χ2n) is 4.15. The summed E-state index contributed by atoms with van der Waals surface area (Å²) in [5.74, 6) is -0.0632. The van der Waals surface area contributed by atoms with Crippen LogP contribution >= 0.6 is 0 Å². The fourth-order valence-corrected chi connectivity index (χ4v) is 1.49. The highest BCUT2D eigenvalue weighted by atomic mass is 19.4. The summed E-state index contributed by atoms with van der Waals surface area (Å²) in [7, 11) is 0. The Kier molecular flexibility index (Phi) is 5.60. The molecule has 0 aromatic heterocycles. The third kappa shape index (κ3) is 6.08. The van der Waals surface area contributed by atoms with Crippen molar-refractivity contribution >= 4 is 12.0 Å². The van der Waals surface area contributed by atoms with E-state index in [4.69, 9.17) is 0 Å². The van der Waals surface area contributed by atoms with E-state index in [-0.39, 0.29) is 5.91 Å². The van der Waals surface area contributed by atoms with Crippen LogP contribution in [0.3, 0.4) is 0 Å². The minimum atomic E-state index is -4.29. The fourth-order valence-electron chi connectivity index (χ4n) is 1.49. The van der Waals surface area contributed by atoms with Crippen molar-refractivity contribution in [3.63, 3.8) is 0 Å². The maximum Gasteiger partial charge on any atom is 0.416 e. The van der Waals surface area contributed by atoms with Gasteiger partial charge in [-0.25, -0.2) is 0 Å². The highest BCUT2D eigenvalue weighted by Gasteiger charge is 2.29. The number of hydrogen-bond donors (Lipinski definition) is 1. The second kappa shape index (κ2) is 6.97. The summed E-state index contributed by atoms with van der Waals surface area (Å²) in [5, 5.41) is 2.67. The monoisotopic (exact) mass is 271 g/mol. The topological polar surface area (TPSA) is 29.1 Å². The fraction of sp³-hybridized carbons (Fsp3) is 0.357. The smallest absolute Gasteiger partial charge is 0.356 e. The molecule has 0 aliphatic heterocycles. The molecular weight excluding hydrogens is 255 g/mol. The Labute approximate surface area is 110 Å². The molecule has 0 aliphatic carbocycles. The second-order valence-corrected chi connectivity index (χ2v) is 4.15. The zero-order valence-electron chi connectivity index (χ0n) is 10.6. The molecule has 0 aliphatic rings. The lowest BCUT2D eigenvalue weighted by atomic mass is 10.1. The Balaban J connectivity index is 2.39. The van der Waals surface area contributed by atoms with Crippen molar-refractivity contribution in [3.05, 3.63) is 41.5 Å². The number of alkyl halides is 3. The molecular formula is C14H16F3NO. The van der Waals surface area contributed by atoms with Gasteiger partial charge in [0.25, 0.3) is 0 Å². The van der Waals surface area contributed by atoms with Crippen molar-refractivity contribution in [1.29, 1.82) is 0 Å². The molecule has 1 aromatic rings. The molecule has 0 saturated heterocycles. The van der Waals surface area contributed by atoms with E-state index in [0.717, 1.165) is 30.5 Å². The normalized spacial score (nSPS) is 11.8. The average molecular weight is 271 g/mol. The predicted octanol–water partition coefficient (Wildman–Crippen LogP) is 3.63. The molecule has 0 unspecified atom stereocenters. The Morgan fingerprint density at radius 2 is 1.89 bits per heavy atom. The summed E-state index contributed by atoms with van der Waals surface area (Å²) in [4.78, 5) is 10.6. The van der Waals surface area contributed by atoms with E-state index in [2.05, 4.69) is 5.32 Å². The van der Waals surface area contributed by atoms with Gasteiger partial charge in [0, 0.05) is 13.5 Å². The van der Waals surface area contributed by atoms with Crippen molar-refractivity contribution in [2.75, 3.05) is 6.54 Å². The lowest BCUT2D eigenvalue weighted by molar-refractivity contribution is -0.137. The molecule has 1 amide bonds. The van der Waals surface area contributed by atoms with Gasteiger partial charge < -0.3 is 5.32 Å². The molecule has 0 atom stereocenters. The van der Waals surface area contributed by atoms with Gasteiger partial charge in [0.1, 0.15) is 0 Å². The third-order valence-corrected chi connectivity index (χ3v) is 2.47. The quantitative estimate of drug-likeness (QED) is 0.814. The molecule has 104 valence electrons. The molecule has 0 fully saturated rings. The number of unbranched alkanes of at least 4 members (excludes halogenated alkanes) is 1. The van der Waals surface area contributed by atoms with Gasteiger partial charge >= 0.3 is 6.18 Å². The van der Waals surface area contributed by atoms with Crippen molar-refractivity contribution in [2.24, 2.45) is 0 Å². The number of nitrogens with one attached hydrogen (secondary N) is 1. The molecule has 1 rings (SSSR count). The standard InChI is InChI=1S/C14H16F3NO/c1-11(19)18-10-4-2-3-5-12-6-8-13(9-7-12)14(15,16)17/h3,5-9H,2,4,10H2,1H3,(H,18,19)/b5-3+. The van der Waals surface area contributed by atoms with Crippen LogP contribution in [0.1, 0.15) is 30.9 Å². The SMILES string of the molecule is CC(=O)NCCC/C=C/c1ccc(C(F)(F)F)cc1. The van der Waals surface area contributed by atoms with Gasteiger partial charge in [-0.15, -0.1) is 0 Å². The summed E-state index contributed by atoms with van der Waals surface area (Å²) in [6, 6.07) is 5.01. The molecule has 0 radical (unpaired) electrons. The summed E-state index contributed by atoms with van der Waals surface area (Å²) in [6.07, 6.45) is 0.928. The van der Waals surface area contributed by atoms with E-state index in [1.165, 1.54) is 19.1 Å². The van der Waals surface area contributed by atoms with Gasteiger partial charge in [0.05, 0.1) is 5.56 Å². The summed E-state index contributed by atoms with van der Waals surface area (Å²) in [6.45, 7) is 2.06. The molecule has 2 nitrogen and oxygen atoms in total. The van der Waals surface area contributed by atoms with Gasteiger partial charge in [-0.1, -0.05) is 24.3 Å². The van der Waals surface area contributed by atoms with E-state index >= 15 is 0 Å². The van der Waals surface area contributed by atoms with Gasteiger partial charge in [-0.2, -0.15) is 13.2 Å². The maximum atomic E-state index is 12.3. The third-order valence-electron chi connectivity index (χ3n) is 2.47. The predicted molar refractivity (Wildman–Crippen MR) is 68.4 cm³/mol. The van der Waals surface area contributed by atoms with Crippen LogP contribution in [-0.4, -0.2) is 12.5 Å². The molecule has 1 N–H and O–H groups in total. The molecule has 0 spiro atoms. The molecule has 0 bridgehead atoms. The highest BCUT2D eigenvalue weighted by Crippen LogP contribution is 2.29. The Morgan fingerprint density at radius 3 is 2.42 bits per heavy atom. The van der Waals surface area contributed by atoms with Crippen LogP contribution in [0, 0.1) is 0 Å². The number of hydrogen-bond acceptors (Lipinski definition) is 1. The highest BCUT2D eigenvalue weighted by molar-refractivity contribution is 5.72. The number of carbonyl (C=O) groups excluding carboxylic acids is 1. The van der Waals surface area contributed by atoms with Crippen molar-refractivity contribution in [3.8, 4) is 0 Å². The molecule has 19 heavy (non-hydrogen) atoms. The van der Waals surface area contributed by atoms with Crippen LogP contribution in [0.5, 0.6) is 0 Å². The van der Waals surface area contributed by atoms with Crippen LogP contribution in [0.25, 0.3) is 6.08 Å². The maximum absolute atomic E-state index is 12.3. The Hall–Kier alpha value is -1.78. The van der Waals surface area contributed by atoms with E-state index < -0.39 is 11.7 Å². The van der Waals surface area contributed by atoms with Crippen LogP contribution < -0.4 is 5.32 Å². The molecule has 5 heteroatoms. The lowest BCUT2D eigenvalue weighted by Crippen LogP contribution is -2.20. The van der Waals surface area contributed by atoms with Crippen molar-refractivity contribution in [1.82, 2.24) is 5.32 Å². The number of halogens is 3. The summed E-state index contributed by atoms with van der Waals surface area (Å²) >= 11 is 0. The van der Waals surface area contributed by atoms with Crippen LogP contribution in [0.4, 0.5) is 13.2 Å². The minimum Gasteiger partial charge on any atom is -0.356 e. The zero-order chi connectivity index (χ0) is 14.3. The van der Waals surface area contributed by atoms with E-state index in [1.807, 2.05) is 6.08 Å². The first-order valence-electron chi connectivity index (χ1n) is 5.98. The Morgan fingerprint density at radius 1 is 1.26 bits per heavy atom. The average Bonchev–Trinajstić information content (AvgIpc) is 2.32. The Bertz CT molecular complexity index is 435. The lowest BCUT2D eigenvalue weighted by Gasteiger charge is -2.05. The van der Waals surface area contributed by atoms with E-state index in [1.54, 1.807) is 6.08 Å². The number of rotatable bonds is 5. The van der Waals surface area contributed by atoms with Crippen LogP contribution in [0.15, 0.2) is 30.3 Å². The largest absolute Gasteiger partial charge is 0.416 e. The molecule has 1 aromatic carbocycles. The number of allylic oxidation sites excluding steroid dienone is 1. The van der Waals surface area contributed by atoms with Gasteiger partial charge in [-0.3, -0.25) is 4.79 Å².